The Bertz CT molecular complexity index is 2130. The van der Waals surface area contributed by atoms with Gasteiger partial charge in [0.2, 0.25) is 0 Å². The Kier molecular flexibility index (Phi) is 22.2. The maximum atomic E-state index is 11.8. The van der Waals surface area contributed by atoms with Crippen molar-refractivity contribution in [3.63, 3.8) is 0 Å². The van der Waals surface area contributed by atoms with Crippen LogP contribution in [0, 0.1) is 19.8 Å². The third-order valence-electron chi connectivity index (χ3n) is 12.4. The average molecular weight is 948 g/mol. The van der Waals surface area contributed by atoms with Crippen LogP contribution in [0.25, 0.3) is 11.1 Å². The number of rotatable bonds is 10. The van der Waals surface area contributed by atoms with Crippen LogP contribution >= 0.6 is 0 Å². The number of benzene rings is 5. The zero-order valence-electron chi connectivity index (χ0n) is 39.4. The van der Waals surface area contributed by atoms with Gasteiger partial charge in [0.05, 0.1) is 13.0 Å². The minimum Gasteiger partial charge on any atom is -0.664 e. The third-order valence-corrected chi connectivity index (χ3v) is 12.4. The molecule has 2 atom stereocenters. The van der Waals surface area contributed by atoms with Gasteiger partial charge in [-0.2, -0.15) is 49.2 Å². The molecule has 3 fully saturated rings. The van der Waals surface area contributed by atoms with Gasteiger partial charge in [-0.05, 0) is 65.6 Å². The van der Waals surface area contributed by atoms with Crippen LogP contribution in [0.4, 0.5) is 5.69 Å². The van der Waals surface area contributed by atoms with Crippen molar-refractivity contribution in [1.82, 2.24) is 5.32 Å². The van der Waals surface area contributed by atoms with Crippen molar-refractivity contribution in [2.75, 3.05) is 18.6 Å². The summed E-state index contributed by atoms with van der Waals surface area (Å²) in [5.74, 6) is 1.72. The van der Waals surface area contributed by atoms with Crippen LogP contribution in [0.3, 0.4) is 0 Å². The van der Waals surface area contributed by atoms with E-state index in [4.69, 9.17) is 15.5 Å². The molecule has 2 N–H and O–H groups in total. The Balaban J connectivity index is 0.000000217. The largest absolute Gasteiger partial charge is 0.664 e. The smallest absolute Gasteiger partial charge is 0.128 e. The van der Waals surface area contributed by atoms with E-state index in [0.29, 0.717) is 35.9 Å². The summed E-state index contributed by atoms with van der Waals surface area (Å²) in [6.07, 6.45) is 15.8. The number of aliphatic imine (C=N–C) groups is 1. The summed E-state index contributed by atoms with van der Waals surface area (Å²) in [6, 6.07) is 42.2. The first-order valence-corrected chi connectivity index (χ1v) is 23.4. The molecule has 8 rings (SSSR count). The van der Waals surface area contributed by atoms with Gasteiger partial charge in [-0.1, -0.05) is 157 Å². The molecule has 1 aliphatic heterocycles. The van der Waals surface area contributed by atoms with Gasteiger partial charge in [0.15, 0.2) is 0 Å². The van der Waals surface area contributed by atoms with E-state index in [1.165, 1.54) is 80.9 Å². The number of amides is 1. The monoisotopic (exact) mass is 946 g/mol. The number of carbonyl (C=O) groups is 1. The minimum atomic E-state index is -0.592. The number of methoxy groups -OCH3 is 1. The minimum absolute atomic E-state index is 0. The first-order chi connectivity index (χ1) is 31.0. The fourth-order valence-electron chi connectivity index (χ4n) is 9.07. The second-order valence-corrected chi connectivity index (χ2v) is 17.7. The molecule has 1 amide bonds. The first-order valence-electron chi connectivity index (χ1n) is 23.4. The molecule has 2 saturated carbocycles. The fourth-order valence-corrected chi connectivity index (χ4v) is 9.07. The van der Waals surface area contributed by atoms with Crippen LogP contribution < -0.4 is 15.0 Å². The Labute approximate surface area is 410 Å². The topological polar surface area (TPSA) is 100 Å². The predicted octanol–water partition coefficient (Wildman–Crippen LogP) is 14.6. The molecule has 0 bridgehead atoms. The molecule has 5 aromatic rings. The van der Waals surface area contributed by atoms with Gasteiger partial charge in [-0.15, -0.1) is 30.2 Å². The number of nitrogens with one attached hydrogen (secondary N) is 2. The standard InChI is InChI=1S/C22H28N3O.C21H29N2O.2C7H7.Zr/c1-14(2)16-9-8-10-17(15(3)4)21(16)19-13-24-22(23)25(19)18-11-6-7-12-20(18)26-5;22-21(24)19-14-8-7-13-18(19)20(16-9-3-1-4-10-16)15-23-17-11-5-2-6-12-17;2*1-7-5-3-2-4-6-7;/h6-12,14-15,19H,13H2,1-5H3,(H-,23,24);7-8,13-14,16-17,20H,1-6,9-12H2,(H2,22,24);2*2-6H,1H2;/q4*-1;/p-1. The maximum absolute atomic E-state index is 11.8. The van der Waals surface area contributed by atoms with Gasteiger partial charge in [0.1, 0.15) is 5.75 Å². The van der Waals surface area contributed by atoms with E-state index < -0.39 is 5.91 Å². The van der Waals surface area contributed by atoms with Crippen LogP contribution in [0.2, 0.25) is 0 Å². The first kappa shape index (κ1) is 52.6. The molecular weight excluding hydrogens is 878 g/mol. The number of hydrogen-bond donors (Lipinski definition) is 1. The second kappa shape index (κ2) is 27.4. The maximum Gasteiger partial charge on any atom is 0.128 e. The molecule has 0 radical (unpaired) electrons. The number of carbonyl (C=O) groups excluding carboxylic acids is 1. The molecule has 7 nitrogen and oxygen atoms in total. The van der Waals surface area contributed by atoms with Gasteiger partial charge >= 0.3 is 0 Å². The summed E-state index contributed by atoms with van der Waals surface area (Å²) in [4.78, 5) is 18.5. The van der Waals surface area contributed by atoms with Crippen LogP contribution in [0.5, 0.6) is 5.75 Å². The van der Waals surface area contributed by atoms with E-state index in [-0.39, 0.29) is 44.1 Å². The van der Waals surface area contributed by atoms with E-state index in [1.54, 1.807) is 13.2 Å². The van der Waals surface area contributed by atoms with E-state index in [0.717, 1.165) is 28.1 Å². The van der Waals surface area contributed by atoms with E-state index in [2.05, 4.69) is 71.3 Å². The third kappa shape index (κ3) is 15.5. The number of ether oxygens (including phenoxy) is 1. The van der Waals surface area contributed by atoms with Crippen molar-refractivity contribution >= 4 is 23.8 Å². The Hall–Kier alpha value is -5.07. The molecule has 65 heavy (non-hydrogen) atoms. The molecule has 3 aliphatic rings. The van der Waals surface area contributed by atoms with Crippen molar-refractivity contribution in [3.05, 3.63) is 191 Å². The number of hydrogen-bond acceptors (Lipinski definition) is 3. The van der Waals surface area contributed by atoms with Gasteiger partial charge in [-0.25, -0.2) is 0 Å². The average Bonchev–Trinajstić information content (AvgIpc) is 3.71. The Morgan fingerprint density at radius 3 is 1.71 bits per heavy atom. The summed E-state index contributed by atoms with van der Waals surface area (Å²) in [7, 11) is 1.66. The second-order valence-electron chi connectivity index (χ2n) is 17.7. The summed E-state index contributed by atoms with van der Waals surface area (Å²) in [6.45, 7) is 17.0. The summed E-state index contributed by atoms with van der Waals surface area (Å²) in [5, 5.41) is 13.8. The molecule has 0 spiro atoms. The number of nitrogens with zero attached hydrogens (tertiary/aromatic N) is 3. The Morgan fingerprint density at radius 1 is 0.708 bits per heavy atom. The molecule has 344 valence electrons. The van der Waals surface area contributed by atoms with Crippen molar-refractivity contribution < 1.29 is 35.7 Å². The molecule has 1 saturated heterocycles. The zero-order valence-corrected chi connectivity index (χ0v) is 41.9. The molecule has 2 unspecified atom stereocenters. The SMILES string of the molecule is COc1ccccc1N1C(=[N-])NCC1c1c(C(C)C)cccc1C(C)C.[CH2-]c1ccccc1.[CH2-]c1ccccc1.[NH-]C(=O)c1ccccc1C([C-]=NC1CCCCC1)C1CCCCC1.[Zr]. The van der Waals surface area contributed by atoms with Crippen LogP contribution in [-0.4, -0.2) is 37.8 Å². The van der Waals surface area contributed by atoms with Crippen molar-refractivity contribution in [3.8, 4) is 5.75 Å². The predicted molar refractivity (Wildman–Crippen MR) is 270 cm³/mol. The number of para-hydroxylation sites is 2. The van der Waals surface area contributed by atoms with E-state index in [9.17, 15) is 10.2 Å². The van der Waals surface area contributed by atoms with Gasteiger partial charge in [0.25, 0.3) is 0 Å². The summed E-state index contributed by atoms with van der Waals surface area (Å²) >= 11 is 0. The molecule has 0 aromatic heterocycles. The molecular formula is C57H70N5O2Zr-5. The normalized spacial score (nSPS) is 16.8. The fraction of sp³-hybridized carbons (Fsp3) is 0.386. The molecule has 2 aliphatic carbocycles. The van der Waals surface area contributed by atoms with E-state index >= 15 is 0 Å². The van der Waals surface area contributed by atoms with Crippen molar-refractivity contribution in [2.45, 2.75) is 122 Å². The van der Waals surface area contributed by atoms with Gasteiger partial charge < -0.3 is 42.1 Å². The van der Waals surface area contributed by atoms with Crippen LogP contribution in [0.15, 0.2) is 132 Å². The van der Waals surface area contributed by atoms with Crippen LogP contribution in [-0.2, 0) is 26.2 Å². The van der Waals surface area contributed by atoms with Crippen molar-refractivity contribution in [1.29, 1.82) is 0 Å². The van der Waals surface area contributed by atoms with Crippen LogP contribution in [0.1, 0.15) is 159 Å². The van der Waals surface area contributed by atoms with E-state index in [1.807, 2.05) is 108 Å². The quantitative estimate of drug-likeness (QED) is 0.111. The summed E-state index contributed by atoms with van der Waals surface area (Å²) in [5.41, 5.74) is 16.1. The zero-order chi connectivity index (χ0) is 45.8. The number of guanidine groups is 1. The van der Waals surface area contributed by atoms with Gasteiger partial charge in [0, 0.05) is 49.9 Å². The van der Waals surface area contributed by atoms with Crippen molar-refractivity contribution in [2.24, 2.45) is 10.9 Å². The summed E-state index contributed by atoms with van der Waals surface area (Å²) < 4.78 is 5.55. The molecule has 8 heteroatoms. The molecule has 5 aromatic carbocycles. The Morgan fingerprint density at radius 2 is 1.20 bits per heavy atom. The molecule has 1 heterocycles. The van der Waals surface area contributed by atoms with Gasteiger partial charge in [-0.3, -0.25) is 0 Å². The number of anilines is 1.